The Morgan fingerprint density at radius 2 is 1.11 bits per heavy atom. The molecule has 7 heteroatoms. The first-order valence-corrected chi connectivity index (χ1v) is 10.3. The summed E-state index contributed by atoms with van der Waals surface area (Å²) in [7, 11) is 0. The van der Waals surface area contributed by atoms with Gasteiger partial charge >= 0.3 is 0 Å². The summed E-state index contributed by atoms with van der Waals surface area (Å²) in [4.78, 5) is 2.44. The molecule has 0 aliphatic heterocycles. The number of rotatable bonds is 22. The quantitative estimate of drug-likeness (QED) is 0.214. The second kappa shape index (κ2) is 21.8. The van der Waals surface area contributed by atoms with Crippen LogP contribution < -0.4 is 11.5 Å². The lowest BCUT2D eigenvalue weighted by atomic mass is 10.2. The molecule has 0 rings (SSSR count). The van der Waals surface area contributed by atoms with E-state index in [1.807, 2.05) is 6.92 Å². The Morgan fingerprint density at radius 1 is 0.667 bits per heavy atom. The van der Waals surface area contributed by atoms with Crippen LogP contribution in [-0.2, 0) is 18.9 Å². The van der Waals surface area contributed by atoms with E-state index in [1.165, 1.54) is 0 Å². The topological polar surface area (TPSA) is 92.2 Å². The van der Waals surface area contributed by atoms with Crippen LogP contribution in [0.3, 0.4) is 0 Å². The van der Waals surface area contributed by atoms with Gasteiger partial charge in [0.15, 0.2) is 0 Å². The molecule has 0 aliphatic carbocycles. The maximum Gasteiger partial charge on any atom is 0.0704 e. The fourth-order valence-electron chi connectivity index (χ4n) is 2.39. The minimum atomic E-state index is 0.576. The molecule has 0 aromatic heterocycles. The zero-order valence-corrected chi connectivity index (χ0v) is 17.5. The van der Waals surface area contributed by atoms with Gasteiger partial charge in [0.1, 0.15) is 0 Å². The minimum absolute atomic E-state index is 0.576. The van der Waals surface area contributed by atoms with Gasteiger partial charge in [0.25, 0.3) is 0 Å². The van der Waals surface area contributed by atoms with Crippen LogP contribution in [0.2, 0.25) is 0 Å². The van der Waals surface area contributed by atoms with Crippen molar-refractivity contribution in [3.8, 4) is 0 Å². The first-order chi connectivity index (χ1) is 13.2. The number of unbranched alkanes of at least 4 members (excludes halogenated alkanes) is 2. The monoisotopic (exact) mass is 389 g/mol. The van der Waals surface area contributed by atoms with Crippen LogP contribution in [0.4, 0.5) is 0 Å². The SMILES string of the molecule is C=C(C)COCCOCCOCCOCCN(CCCCN)CCCCN. The highest BCUT2D eigenvalue weighted by Crippen LogP contribution is 1.99. The van der Waals surface area contributed by atoms with Gasteiger partial charge < -0.3 is 35.3 Å². The van der Waals surface area contributed by atoms with Gasteiger partial charge in [0.05, 0.1) is 52.9 Å². The number of nitrogens with two attached hydrogens (primary N) is 2. The van der Waals surface area contributed by atoms with Gasteiger partial charge in [-0.2, -0.15) is 0 Å². The maximum atomic E-state index is 5.67. The summed E-state index contributed by atoms with van der Waals surface area (Å²) in [6.45, 7) is 15.2. The third-order valence-electron chi connectivity index (χ3n) is 3.87. The Balaban J connectivity index is 3.43. The molecular formula is C20H43N3O4. The molecule has 0 saturated heterocycles. The predicted molar refractivity (Wildman–Crippen MR) is 111 cm³/mol. The first-order valence-electron chi connectivity index (χ1n) is 10.3. The van der Waals surface area contributed by atoms with Gasteiger partial charge in [0, 0.05) is 6.54 Å². The Hall–Kier alpha value is -0.540. The van der Waals surface area contributed by atoms with Crippen LogP contribution in [0, 0.1) is 0 Å². The summed E-state index contributed by atoms with van der Waals surface area (Å²) in [5.41, 5.74) is 12.2. The van der Waals surface area contributed by atoms with Crippen molar-refractivity contribution in [2.75, 3.05) is 85.6 Å². The third-order valence-corrected chi connectivity index (χ3v) is 3.87. The summed E-state index contributed by atoms with van der Waals surface area (Å²) in [6, 6.07) is 0. The molecule has 0 unspecified atom stereocenters. The zero-order valence-electron chi connectivity index (χ0n) is 17.5. The lowest BCUT2D eigenvalue weighted by Crippen LogP contribution is -2.30. The van der Waals surface area contributed by atoms with E-state index in [-0.39, 0.29) is 0 Å². The second-order valence-electron chi connectivity index (χ2n) is 6.68. The minimum Gasteiger partial charge on any atom is -0.378 e. The van der Waals surface area contributed by atoms with Crippen molar-refractivity contribution in [2.24, 2.45) is 11.5 Å². The number of ether oxygens (including phenoxy) is 4. The van der Waals surface area contributed by atoms with Gasteiger partial charge in [-0.3, -0.25) is 0 Å². The predicted octanol–water partition coefficient (Wildman–Crippen LogP) is 1.41. The highest BCUT2D eigenvalue weighted by Gasteiger charge is 2.04. The van der Waals surface area contributed by atoms with Crippen LogP contribution in [0.5, 0.6) is 0 Å². The van der Waals surface area contributed by atoms with E-state index in [0.29, 0.717) is 46.2 Å². The molecule has 0 aliphatic rings. The average Bonchev–Trinajstić information content (AvgIpc) is 2.65. The highest BCUT2D eigenvalue weighted by molar-refractivity contribution is 4.87. The van der Waals surface area contributed by atoms with Crippen molar-refractivity contribution < 1.29 is 18.9 Å². The van der Waals surface area contributed by atoms with Crippen molar-refractivity contribution in [3.63, 3.8) is 0 Å². The molecule has 4 N–H and O–H groups in total. The Morgan fingerprint density at radius 3 is 1.56 bits per heavy atom. The van der Waals surface area contributed by atoms with E-state index in [4.69, 9.17) is 30.4 Å². The van der Waals surface area contributed by atoms with E-state index in [0.717, 1.165) is 70.6 Å². The molecule has 0 radical (unpaired) electrons. The van der Waals surface area contributed by atoms with Crippen molar-refractivity contribution in [3.05, 3.63) is 12.2 Å². The molecule has 0 saturated carbocycles. The van der Waals surface area contributed by atoms with Gasteiger partial charge in [0.2, 0.25) is 0 Å². The fourth-order valence-corrected chi connectivity index (χ4v) is 2.39. The van der Waals surface area contributed by atoms with E-state index in [1.54, 1.807) is 0 Å². The van der Waals surface area contributed by atoms with Crippen molar-refractivity contribution in [1.82, 2.24) is 4.90 Å². The molecule has 27 heavy (non-hydrogen) atoms. The Bertz CT molecular complexity index is 310. The second-order valence-corrected chi connectivity index (χ2v) is 6.68. The van der Waals surface area contributed by atoms with E-state index in [2.05, 4.69) is 11.5 Å². The standard InChI is InChI=1S/C20H43N3O4/c1-20(2)19-27-18-17-26-16-15-25-14-13-24-12-11-23(9-5-3-7-21)10-6-4-8-22/h1,3-19,21-22H2,2H3. The zero-order chi connectivity index (χ0) is 20.0. The first kappa shape index (κ1) is 26.5. The molecule has 0 fully saturated rings. The molecule has 0 heterocycles. The molecule has 0 aromatic rings. The van der Waals surface area contributed by atoms with Crippen molar-refractivity contribution in [2.45, 2.75) is 32.6 Å². The van der Waals surface area contributed by atoms with Crippen LogP contribution in [0.15, 0.2) is 12.2 Å². The molecule has 0 aromatic carbocycles. The molecular weight excluding hydrogens is 346 g/mol. The van der Waals surface area contributed by atoms with Gasteiger partial charge in [-0.05, 0) is 58.8 Å². The summed E-state index contributed by atoms with van der Waals surface area (Å²) in [5.74, 6) is 0. The summed E-state index contributed by atoms with van der Waals surface area (Å²) < 4.78 is 21.9. The Kier molecular flexibility index (Phi) is 21.3. The number of hydrogen-bond acceptors (Lipinski definition) is 7. The van der Waals surface area contributed by atoms with Crippen LogP contribution in [0.25, 0.3) is 0 Å². The summed E-state index contributed by atoms with van der Waals surface area (Å²) in [5, 5.41) is 0. The normalized spacial score (nSPS) is 11.4. The average molecular weight is 390 g/mol. The van der Waals surface area contributed by atoms with Gasteiger partial charge in [-0.15, -0.1) is 0 Å². The lowest BCUT2D eigenvalue weighted by molar-refractivity contribution is -0.00194. The number of hydrogen-bond donors (Lipinski definition) is 2. The molecule has 7 nitrogen and oxygen atoms in total. The highest BCUT2D eigenvalue weighted by atomic mass is 16.6. The molecule has 0 amide bonds. The van der Waals surface area contributed by atoms with Crippen molar-refractivity contribution in [1.29, 1.82) is 0 Å². The van der Waals surface area contributed by atoms with Crippen molar-refractivity contribution >= 4 is 0 Å². The van der Waals surface area contributed by atoms with Gasteiger partial charge in [-0.1, -0.05) is 12.2 Å². The van der Waals surface area contributed by atoms with Crippen LogP contribution in [0.1, 0.15) is 32.6 Å². The molecule has 0 bridgehead atoms. The lowest BCUT2D eigenvalue weighted by Gasteiger charge is -2.22. The number of nitrogens with zero attached hydrogens (tertiary/aromatic N) is 1. The van der Waals surface area contributed by atoms with Crippen LogP contribution in [-0.4, -0.2) is 90.5 Å². The third kappa shape index (κ3) is 21.6. The summed E-state index contributed by atoms with van der Waals surface area (Å²) >= 11 is 0. The Labute approximate surface area is 166 Å². The molecule has 0 spiro atoms. The van der Waals surface area contributed by atoms with E-state index < -0.39 is 0 Å². The maximum absolute atomic E-state index is 5.67. The summed E-state index contributed by atoms with van der Waals surface area (Å²) in [6.07, 6.45) is 4.43. The largest absolute Gasteiger partial charge is 0.378 e. The molecule has 0 atom stereocenters. The van der Waals surface area contributed by atoms with Crippen LogP contribution >= 0.6 is 0 Å². The molecule has 162 valence electrons. The van der Waals surface area contributed by atoms with Gasteiger partial charge in [-0.25, -0.2) is 0 Å². The van der Waals surface area contributed by atoms with E-state index >= 15 is 0 Å². The smallest absolute Gasteiger partial charge is 0.0704 e. The fraction of sp³-hybridized carbons (Fsp3) is 0.900. The van der Waals surface area contributed by atoms with E-state index in [9.17, 15) is 0 Å².